The summed E-state index contributed by atoms with van der Waals surface area (Å²) in [4.78, 5) is 20.6. The van der Waals surface area contributed by atoms with E-state index in [9.17, 15) is 13.2 Å². The van der Waals surface area contributed by atoms with Gasteiger partial charge in [-0.15, -0.1) is 0 Å². The highest BCUT2D eigenvalue weighted by molar-refractivity contribution is 5.81. The molecule has 4 aromatic rings. The number of hydrogen-bond donors (Lipinski definition) is 1. The lowest BCUT2D eigenvalue weighted by molar-refractivity contribution is -0.137. The predicted molar refractivity (Wildman–Crippen MR) is 119 cm³/mol. The van der Waals surface area contributed by atoms with Gasteiger partial charge in [-0.25, -0.2) is 24.9 Å². The second-order valence-electron chi connectivity index (χ2n) is 7.24. The van der Waals surface area contributed by atoms with Crippen LogP contribution in [0.2, 0.25) is 0 Å². The Balaban J connectivity index is 1.48. The van der Waals surface area contributed by atoms with Crippen LogP contribution in [0.15, 0.2) is 55.2 Å². The van der Waals surface area contributed by atoms with E-state index in [-0.39, 0.29) is 11.6 Å². The van der Waals surface area contributed by atoms with Gasteiger partial charge in [0.1, 0.15) is 11.8 Å². The number of pyridine rings is 1. The number of benzene rings is 1. The van der Waals surface area contributed by atoms with Crippen LogP contribution in [0.1, 0.15) is 24.5 Å². The number of halogens is 3. The van der Waals surface area contributed by atoms with Crippen LogP contribution >= 0.6 is 0 Å². The summed E-state index contributed by atoms with van der Waals surface area (Å²) in [6.45, 7) is 2.93. The topological polar surface area (TPSA) is 94.9 Å². The molecular weight excluding hydrogens is 449 g/mol. The lowest BCUT2D eigenvalue weighted by atomic mass is 10.1. The molecule has 0 atom stereocenters. The number of anilines is 1. The van der Waals surface area contributed by atoms with Crippen molar-refractivity contribution in [1.82, 2.24) is 24.9 Å². The van der Waals surface area contributed by atoms with Crippen LogP contribution in [0, 0.1) is 0 Å². The zero-order valence-corrected chi connectivity index (χ0v) is 18.2. The number of hydrogen-bond acceptors (Lipinski definition) is 8. The molecular formula is C23H21F3N6O2. The van der Waals surface area contributed by atoms with Crippen molar-refractivity contribution >= 4 is 17.0 Å². The monoisotopic (exact) mass is 470 g/mol. The molecule has 1 aromatic carbocycles. The predicted octanol–water partition coefficient (Wildman–Crippen LogP) is 5.07. The van der Waals surface area contributed by atoms with E-state index in [0.29, 0.717) is 42.3 Å². The summed E-state index contributed by atoms with van der Waals surface area (Å²) in [6.07, 6.45) is 2.52. The van der Waals surface area contributed by atoms with Crippen LogP contribution in [0.5, 0.6) is 17.4 Å². The summed E-state index contributed by atoms with van der Waals surface area (Å²) >= 11 is 0. The fourth-order valence-electron chi connectivity index (χ4n) is 3.12. The molecule has 34 heavy (non-hydrogen) atoms. The standard InChI is InChI=1S/C23H21F3N6O2/c1-2-11-33-18-12-15(5-7-29-21-20-22(32-14-31-21)30-10-9-28-20)3-4-17(18)34-19-13-16(6-8-27-19)23(24,25)26/h3-4,6,8-10,12-14H,2,5,7,11H2,1H3,(H,29,30,31,32). The zero-order valence-electron chi connectivity index (χ0n) is 18.2. The van der Waals surface area contributed by atoms with Gasteiger partial charge in [-0.1, -0.05) is 13.0 Å². The molecule has 0 aliphatic heterocycles. The number of aromatic nitrogens is 5. The fourth-order valence-corrected chi connectivity index (χ4v) is 3.12. The maximum Gasteiger partial charge on any atom is 0.416 e. The van der Waals surface area contributed by atoms with Crippen molar-refractivity contribution in [3.05, 3.63) is 66.4 Å². The minimum atomic E-state index is -4.49. The van der Waals surface area contributed by atoms with Gasteiger partial charge in [0.15, 0.2) is 23.0 Å². The Labute approximate surface area is 193 Å². The highest BCUT2D eigenvalue weighted by Crippen LogP contribution is 2.35. The molecule has 0 amide bonds. The molecule has 3 aromatic heterocycles. The first kappa shape index (κ1) is 23.1. The van der Waals surface area contributed by atoms with Gasteiger partial charge in [0.2, 0.25) is 5.88 Å². The largest absolute Gasteiger partial charge is 0.490 e. The number of alkyl halides is 3. The van der Waals surface area contributed by atoms with Crippen molar-refractivity contribution in [2.75, 3.05) is 18.5 Å². The third-order valence-corrected chi connectivity index (χ3v) is 4.72. The molecule has 0 fully saturated rings. The first-order valence-electron chi connectivity index (χ1n) is 10.6. The van der Waals surface area contributed by atoms with Gasteiger partial charge in [0, 0.05) is 31.2 Å². The zero-order chi connectivity index (χ0) is 24.0. The minimum Gasteiger partial charge on any atom is -0.490 e. The third kappa shape index (κ3) is 5.66. The summed E-state index contributed by atoms with van der Waals surface area (Å²) in [5.41, 5.74) is 1.18. The van der Waals surface area contributed by atoms with Crippen LogP contribution in [0.3, 0.4) is 0 Å². The summed E-state index contributed by atoms with van der Waals surface area (Å²) in [7, 11) is 0. The number of nitrogens with one attached hydrogen (secondary N) is 1. The van der Waals surface area contributed by atoms with Gasteiger partial charge in [-0.3, -0.25) is 0 Å². The van der Waals surface area contributed by atoms with Gasteiger partial charge in [0.05, 0.1) is 12.2 Å². The lowest BCUT2D eigenvalue weighted by Gasteiger charge is -2.14. The Kier molecular flexibility index (Phi) is 7.00. The van der Waals surface area contributed by atoms with E-state index < -0.39 is 11.7 Å². The van der Waals surface area contributed by atoms with E-state index in [1.165, 1.54) is 6.33 Å². The number of ether oxygens (including phenoxy) is 2. The van der Waals surface area contributed by atoms with E-state index in [2.05, 4.69) is 30.2 Å². The molecule has 0 saturated carbocycles. The van der Waals surface area contributed by atoms with Crippen molar-refractivity contribution in [2.45, 2.75) is 25.9 Å². The number of rotatable bonds is 9. The molecule has 8 nitrogen and oxygen atoms in total. The van der Waals surface area contributed by atoms with Crippen LogP contribution < -0.4 is 14.8 Å². The molecule has 0 spiro atoms. The van der Waals surface area contributed by atoms with Crippen molar-refractivity contribution in [3.63, 3.8) is 0 Å². The second-order valence-corrected chi connectivity index (χ2v) is 7.24. The summed E-state index contributed by atoms with van der Waals surface area (Å²) in [5.74, 6) is 1.13. The van der Waals surface area contributed by atoms with Gasteiger partial charge in [0.25, 0.3) is 0 Å². The van der Waals surface area contributed by atoms with Crippen LogP contribution in [-0.4, -0.2) is 38.1 Å². The second kappa shape index (κ2) is 10.3. The van der Waals surface area contributed by atoms with Crippen molar-refractivity contribution in [3.8, 4) is 17.4 Å². The Morgan fingerprint density at radius 3 is 2.59 bits per heavy atom. The van der Waals surface area contributed by atoms with Crippen LogP contribution in [-0.2, 0) is 12.6 Å². The van der Waals surface area contributed by atoms with E-state index in [0.717, 1.165) is 30.3 Å². The van der Waals surface area contributed by atoms with Gasteiger partial charge >= 0.3 is 6.18 Å². The van der Waals surface area contributed by atoms with Crippen LogP contribution in [0.4, 0.5) is 19.0 Å². The van der Waals surface area contributed by atoms with Crippen LogP contribution in [0.25, 0.3) is 11.2 Å². The molecule has 176 valence electrons. The average Bonchev–Trinajstić information content (AvgIpc) is 2.84. The van der Waals surface area contributed by atoms with E-state index in [1.807, 2.05) is 13.0 Å². The molecule has 1 N–H and O–H groups in total. The average molecular weight is 470 g/mol. The molecule has 0 aliphatic rings. The molecule has 0 aliphatic carbocycles. The fraction of sp³-hybridized carbons (Fsp3) is 0.261. The SMILES string of the molecule is CCCOc1cc(CCNc2ncnc3nccnc23)ccc1Oc1cc(C(F)(F)F)ccn1. The Bertz CT molecular complexity index is 1260. The number of nitrogens with zero attached hydrogens (tertiary/aromatic N) is 5. The lowest BCUT2D eigenvalue weighted by Crippen LogP contribution is -2.08. The normalized spacial score (nSPS) is 11.4. The summed E-state index contributed by atoms with van der Waals surface area (Å²) in [6, 6.07) is 7.04. The van der Waals surface area contributed by atoms with Crippen molar-refractivity contribution in [2.24, 2.45) is 0 Å². The first-order valence-corrected chi connectivity index (χ1v) is 10.6. The molecule has 11 heteroatoms. The van der Waals surface area contributed by atoms with Gasteiger partial charge in [-0.05, 0) is 36.6 Å². The number of fused-ring (bicyclic) bond motifs is 1. The summed E-state index contributed by atoms with van der Waals surface area (Å²) < 4.78 is 50.4. The van der Waals surface area contributed by atoms with E-state index >= 15 is 0 Å². The van der Waals surface area contributed by atoms with Gasteiger partial charge < -0.3 is 14.8 Å². The summed E-state index contributed by atoms with van der Waals surface area (Å²) in [5, 5.41) is 3.23. The van der Waals surface area contributed by atoms with Crippen molar-refractivity contribution in [1.29, 1.82) is 0 Å². The molecule has 4 rings (SSSR count). The molecule has 0 bridgehead atoms. The maximum absolute atomic E-state index is 13.0. The Morgan fingerprint density at radius 2 is 1.76 bits per heavy atom. The highest BCUT2D eigenvalue weighted by atomic mass is 19.4. The molecule has 0 saturated heterocycles. The quantitative estimate of drug-likeness (QED) is 0.362. The van der Waals surface area contributed by atoms with E-state index in [1.54, 1.807) is 24.5 Å². The first-order chi connectivity index (χ1) is 16.4. The van der Waals surface area contributed by atoms with Crippen molar-refractivity contribution < 1.29 is 22.6 Å². The smallest absolute Gasteiger partial charge is 0.416 e. The maximum atomic E-state index is 13.0. The third-order valence-electron chi connectivity index (χ3n) is 4.72. The molecule has 0 unspecified atom stereocenters. The molecule has 3 heterocycles. The van der Waals surface area contributed by atoms with Gasteiger partial charge in [-0.2, -0.15) is 13.2 Å². The van der Waals surface area contributed by atoms with E-state index in [4.69, 9.17) is 9.47 Å². The Hall–Kier alpha value is -4.02. The molecule has 0 radical (unpaired) electrons. The highest BCUT2D eigenvalue weighted by Gasteiger charge is 2.31. The Morgan fingerprint density at radius 1 is 0.912 bits per heavy atom. The minimum absolute atomic E-state index is 0.165.